The number of carboxylic acid groups (broad SMARTS) is 1. The van der Waals surface area contributed by atoms with E-state index < -0.39 is 41.7 Å². The van der Waals surface area contributed by atoms with Gasteiger partial charge >= 0.3 is 18.2 Å². The first-order chi connectivity index (χ1) is 15.0. The second kappa shape index (κ2) is 13.2. The van der Waals surface area contributed by atoms with Crippen molar-refractivity contribution in [3.05, 3.63) is 35.9 Å². The van der Waals surface area contributed by atoms with E-state index in [4.69, 9.17) is 14.6 Å². The normalized spacial score (nSPS) is 12.8. The maximum atomic E-state index is 12.4. The summed E-state index contributed by atoms with van der Waals surface area (Å²) in [6.07, 6.45) is -0.0882. The van der Waals surface area contributed by atoms with Crippen LogP contribution in [0.1, 0.15) is 52.5 Å². The first-order valence-electron chi connectivity index (χ1n) is 10.4. The van der Waals surface area contributed by atoms with Crippen molar-refractivity contribution in [3.63, 3.8) is 0 Å². The van der Waals surface area contributed by atoms with Gasteiger partial charge in [-0.1, -0.05) is 30.3 Å². The molecular weight excluding hydrogens is 418 g/mol. The van der Waals surface area contributed by atoms with Crippen molar-refractivity contribution in [2.45, 2.75) is 71.2 Å². The highest BCUT2D eigenvalue weighted by molar-refractivity contribution is 5.89. The number of benzene rings is 1. The lowest BCUT2D eigenvalue weighted by Crippen LogP contribution is -2.51. The molecule has 2 atom stereocenters. The van der Waals surface area contributed by atoms with Gasteiger partial charge in [-0.15, -0.1) is 0 Å². The molecular formula is C22H33N3O7. The number of hydrogen-bond donors (Lipinski definition) is 4. The van der Waals surface area contributed by atoms with Gasteiger partial charge in [-0.05, 0) is 52.5 Å². The summed E-state index contributed by atoms with van der Waals surface area (Å²) in [5, 5.41) is 16.4. The smallest absolute Gasteiger partial charge is 0.408 e. The Hall–Kier alpha value is -3.30. The Morgan fingerprint density at radius 1 is 1.00 bits per heavy atom. The van der Waals surface area contributed by atoms with E-state index in [1.54, 1.807) is 20.8 Å². The number of carboxylic acids is 1. The van der Waals surface area contributed by atoms with Gasteiger partial charge in [-0.3, -0.25) is 9.59 Å². The second-order valence-electron chi connectivity index (χ2n) is 8.25. The molecule has 0 saturated carbocycles. The van der Waals surface area contributed by atoms with E-state index in [9.17, 15) is 19.2 Å². The van der Waals surface area contributed by atoms with Crippen LogP contribution >= 0.6 is 0 Å². The van der Waals surface area contributed by atoms with Crippen LogP contribution in [0.15, 0.2) is 30.3 Å². The molecule has 0 unspecified atom stereocenters. The fraction of sp³-hybridized carbons (Fsp3) is 0.545. The molecule has 0 bridgehead atoms. The fourth-order valence-corrected chi connectivity index (χ4v) is 2.53. The van der Waals surface area contributed by atoms with Gasteiger partial charge in [0.05, 0.1) is 0 Å². The molecule has 10 nitrogen and oxygen atoms in total. The van der Waals surface area contributed by atoms with Crippen LogP contribution in [0.4, 0.5) is 9.59 Å². The first kappa shape index (κ1) is 26.7. The summed E-state index contributed by atoms with van der Waals surface area (Å²) in [5.74, 6) is -1.81. The van der Waals surface area contributed by atoms with Gasteiger partial charge in [0.2, 0.25) is 5.91 Å². The number of rotatable bonds is 11. The second-order valence-corrected chi connectivity index (χ2v) is 8.25. The number of nitrogens with one attached hydrogen (secondary N) is 3. The van der Waals surface area contributed by atoms with Crippen LogP contribution in [0.2, 0.25) is 0 Å². The average Bonchev–Trinajstić information content (AvgIpc) is 2.70. The summed E-state index contributed by atoms with van der Waals surface area (Å²) >= 11 is 0. The van der Waals surface area contributed by atoms with Crippen molar-refractivity contribution in [1.29, 1.82) is 0 Å². The van der Waals surface area contributed by atoms with Crippen LogP contribution in [0.3, 0.4) is 0 Å². The molecule has 0 radical (unpaired) electrons. The summed E-state index contributed by atoms with van der Waals surface area (Å²) in [6, 6.07) is 7.19. The zero-order valence-corrected chi connectivity index (χ0v) is 19.0. The molecule has 0 aliphatic heterocycles. The zero-order chi connectivity index (χ0) is 24.1. The summed E-state index contributed by atoms with van der Waals surface area (Å²) in [6.45, 7) is 6.89. The molecule has 0 aliphatic rings. The third-order valence-electron chi connectivity index (χ3n) is 4.14. The lowest BCUT2D eigenvalue weighted by atomic mass is 10.1. The number of carbonyl (C=O) groups is 4. The molecule has 0 aromatic heterocycles. The van der Waals surface area contributed by atoms with Crippen molar-refractivity contribution in [2.24, 2.45) is 0 Å². The highest BCUT2D eigenvalue weighted by Gasteiger charge is 2.26. The maximum absolute atomic E-state index is 12.4. The standard InChI is InChI=1S/C22H33N3O7/c1-15(19(27)28)24-18(26)17(25-21(30)32-22(2,3)4)12-8-9-13-23-20(29)31-14-16-10-6-5-7-11-16/h5-7,10-11,15,17H,8-9,12-14H2,1-4H3,(H,23,29)(H,24,26)(H,25,30)(H,27,28)/t15-,17-/m0/s1. The molecule has 178 valence electrons. The number of alkyl carbamates (subject to hydrolysis) is 2. The van der Waals surface area contributed by atoms with Crippen LogP contribution in [-0.4, -0.2) is 53.4 Å². The predicted molar refractivity (Wildman–Crippen MR) is 117 cm³/mol. The van der Waals surface area contributed by atoms with Crippen LogP contribution in [-0.2, 0) is 25.7 Å². The van der Waals surface area contributed by atoms with Gasteiger partial charge in [0.25, 0.3) is 0 Å². The largest absolute Gasteiger partial charge is 0.480 e. The Balaban J connectivity index is 2.45. The van der Waals surface area contributed by atoms with Gasteiger partial charge in [-0.25, -0.2) is 9.59 Å². The van der Waals surface area contributed by atoms with E-state index in [0.717, 1.165) is 5.56 Å². The maximum Gasteiger partial charge on any atom is 0.408 e. The lowest BCUT2D eigenvalue weighted by Gasteiger charge is -2.24. The molecule has 32 heavy (non-hydrogen) atoms. The molecule has 1 rings (SSSR count). The molecule has 3 amide bonds. The molecule has 0 saturated heterocycles. The highest BCUT2D eigenvalue weighted by Crippen LogP contribution is 2.09. The minimum absolute atomic E-state index is 0.163. The SMILES string of the molecule is C[C@H](NC(=O)[C@H](CCCCNC(=O)OCc1ccccc1)NC(=O)OC(C)(C)C)C(=O)O. The summed E-state index contributed by atoms with van der Waals surface area (Å²) in [5.41, 5.74) is 0.129. The number of aliphatic carboxylic acids is 1. The van der Waals surface area contributed by atoms with Gasteiger partial charge in [-0.2, -0.15) is 0 Å². The number of carbonyl (C=O) groups excluding carboxylic acids is 3. The average molecular weight is 452 g/mol. The number of ether oxygens (including phenoxy) is 2. The van der Waals surface area contributed by atoms with Crippen LogP contribution in [0, 0.1) is 0 Å². The third kappa shape index (κ3) is 11.8. The predicted octanol–water partition coefficient (Wildman–Crippen LogP) is 2.57. The molecule has 4 N–H and O–H groups in total. The lowest BCUT2D eigenvalue weighted by molar-refractivity contribution is -0.141. The van der Waals surface area contributed by atoms with Gasteiger partial charge in [0.15, 0.2) is 0 Å². The van der Waals surface area contributed by atoms with Crippen LogP contribution in [0.25, 0.3) is 0 Å². The number of hydrogen-bond acceptors (Lipinski definition) is 6. The van der Waals surface area contributed by atoms with E-state index in [0.29, 0.717) is 19.4 Å². The van der Waals surface area contributed by atoms with E-state index >= 15 is 0 Å². The Kier molecular flexibility index (Phi) is 11.0. The van der Waals surface area contributed by atoms with E-state index in [1.165, 1.54) is 6.92 Å². The van der Waals surface area contributed by atoms with Crippen molar-refractivity contribution in [3.8, 4) is 0 Å². The van der Waals surface area contributed by atoms with Crippen LogP contribution < -0.4 is 16.0 Å². The number of amides is 3. The molecule has 0 aliphatic carbocycles. The minimum Gasteiger partial charge on any atom is -0.480 e. The van der Waals surface area contributed by atoms with Gasteiger partial charge < -0.3 is 30.5 Å². The van der Waals surface area contributed by atoms with E-state index in [2.05, 4.69) is 16.0 Å². The summed E-state index contributed by atoms with van der Waals surface area (Å²) < 4.78 is 10.3. The summed E-state index contributed by atoms with van der Waals surface area (Å²) in [4.78, 5) is 47.2. The van der Waals surface area contributed by atoms with Crippen LogP contribution in [0.5, 0.6) is 0 Å². The highest BCUT2D eigenvalue weighted by atomic mass is 16.6. The molecule has 1 aromatic carbocycles. The van der Waals surface area contributed by atoms with Gasteiger partial charge in [0, 0.05) is 6.54 Å². The Morgan fingerprint density at radius 2 is 1.66 bits per heavy atom. The molecule has 0 fully saturated rings. The van der Waals surface area contributed by atoms with E-state index in [1.807, 2.05) is 30.3 Å². The fourth-order valence-electron chi connectivity index (χ4n) is 2.53. The third-order valence-corrected chi connectivity index (χ3v) is 4.14. The van der Waals surface area contributed by atoms with Gasteiger partial charge in [0.1, 0.15) is 24.3 Å². The Labute approximate surface area is 188 Å². The molecule has 1 aromatic rings. The number of unbranched alkanes of at least 4 members (excludes halogenated alkanes) is 1. The Morgan fingerprint density at radius 3 is 2.25 bits per heavy atom. The topological polar surface area (TPSA) is 143 Å². The van der Waals surface area contributed by atoms with Crippen molar-refractivity contribution >= 4 is 24.1 Å². The minimum atomic E-state index is -1.19. The van der Waals surface area contributed by atoms with Crippen molar-refractivity contribution in [2.75, 3.05) is 6.54 Å². The molecule has 10 heteroatoms. The Bertz CT molecular complexity index is 763. The zero-order valence-electron chi connectivity index (χ0n) is 19.0. The van der Waals surface area contributed by atoms with E-state index in [-0.39, 0.29) is 13.0 Å². The molecule has 0 heterocycles. The quantitative estimate of drug-likeness (QED) is 0.379. The monoisotopic (exact) mass is 451 g/mol. The molecule has 0 spiro atoms. The summed E-state index contributed by atoms with van der Waals surface area (Å²) in [7, 11) is 0. The van der Waals surface area contributed by atoms with Crippen molar-refractivity contribution < 1.29 is 33.8 Å². The first-order valence-corrected chi connectivity index (χ1v) is 10.4. The van der Waals surface area contributed by atoms with Crippen molar-refractivity contribution in [1.82, 2.24) is 16.0 Å².